The van der Waals surface area contributed by atoms with Gasteiger partial charge in [0.15, 0.2) is 0 Å². The molecule has 1 aliphatic heterocycles. The molecule has 86 valence electrons. The van der Waals surface area contributed by atoms with Crippen molar-refractivity contribution >= 4 is 5.91 Å². The highest BCUT2D eigenvalue weighted by atomic mass is 16.5. The van der Waals surface area contributed by atoms with Gasteiger partial charge < -0.3 is 15.4 Å². The van der Waals surface area contributed by atoms with E-state index in [1.807, 2.05) is 0 Å². The summed E-state index contributed by atoms with van der Waals surface area (Å²) in [6.45, 7) is 3.43. The van der Waals surface area contributed by atoms with Gasteiger partial charge in [-0.2, -0.15) is 0 Å². The zero-order valence-corrected chi connectivity index (χ0v) is 9.13. The van der Waals surface area contributed by atoms with Crippen molar-refractivity contribution in [2.24, 2.45) is 5.92 Å². The molecule has 15 heavy (non-hydrogen) atoms. The summed E-state index contributed by atoms with van der Waals surface area (Å²) in [4.78, 5) is 11.3. The maximum absolute atomic E-state index is 11.3. The molecule has 4 nitrogen and oxygen atoms in total. The molecule has 1 saturated carbocycles. The van der Waals surface area contributed by atoms with Crippen LogP contribution in [0.15, 0.2) is 0 Å². The Bertz CT molecular complexity index is 211. The zero-order chi connectivity index (χ0) is 10.5. The Labute approximate surface area is 90.8 Å². The number of piperidine rings is 1. The lowest BCUT2D eigenvalue weighted by Gasteiger charge is -2.22. The van der Waals surface area contributed by atoms with Crippen molar-refractivity contribution in [3.8, 4) is 0 Å². The lowest BCUT2D eigenvalue weighted by Crippen LogP contribution is -2.35. The van der Waals surface area contributed by atoms with Crippen LogP contribution in [-0.2, 0) is 9.53 Å². The molecule has 4 heteroatoms. The van der Waals surface area contributed by atoms with E-state index < -0.39 is 0 Å². The number of carbonyl (C=O) groups excluding carboxylic acids is 1. The van der Waals surface area contributed by atoms with E-state index in [1.54, 1.807) is 0 Å². The van der Waals surface area contributed by atoms with E-state index in [2.05, 4.69) is 10.6 Å². The molecule has 2 N–H and O–H groups in total. The normalized spacial score (nSPS) is 22.7. The van der Waals surface area contributed by atoms with Crippen molar-refractivity contribution in [3.63, 3.8) is 0 Å². The van der Waals surface area contributed by atoms with Crippen molar-refractivity contribution in [1.29, 1.82) is 0 Å². The Balaban J connectivity index is 1.48. The minimum atomic E-state index is 0.212. The predicted molar refractivity (Wildman–Crippen MR) is 57.6 cm³/mol. The lowest BCUT2D eigenvalue weighted by molar-refractivity contribution is -0.122. The second kappa shape index (κ2) is 5.47. The molecule has 1 amide bonds. The highest BCUT2D eigenvalue weighted by molar-refractivity contribution is 5.80. The van der Waals surface area contributed by atoms with Gasteiger partial charge in [0.2, 0.25) is 5.91 Å². The first-order valence-corrected chi connectivity index (χ1v) is 5.96. The molecule has 0 bridgehead atoms. The minimum Gasteiger partial charge on any atom is -0.376 e. The highest BCUT2D eigenvalue weighted by Crippen LogP contribution is 2.28. The van der Waals surface area contributed by atoms with Crippen molar-refractivity contribution in [3.05, 3.63) is 0 Å². The monoisotopic (exact) mass is 212 g/mol. The van der Waals surface area contributed by atoms with E-state index >= 15 is 0 Å². The van der Waals surface area contributed by atoms with Gasteiger partial charge in [-0.25, -0.2) is 0 Å². The Kier molecular flexibility index (Phi) is 3.97. The summed E-state index contributed by atoms with van der Waals surface area (Å²) in [5.41, 5.74) is 0. The maximum atomic E-state index is 11.3. The molecule has 1 heterocycles. The van der Waals surface area contributed by atoms with Crippen LogP contribution in [0.2, 0.25) is 0 Å². The zero-order valence-electron chi connectivity index (χ0n) is 9.13. The minimum absolute atomic E-state index is 0.212. The molecular weight excluding hydrogens is 192 g/mol. The molecule has 1 aliphatic carbocycles. The molecule has 0 aromatic carbocycles. The second-order valence-electron chi connectivity index (χ2n) is 4.39. The standard InChI is InChI=1S/C11H20N2O2/c14-11(9-1-2-9)13-7-8-15-10-3-5-12-6-4-10/h9-10,12H,1-8H2,(H,13,14). The van der Waals surface area contributed by atoms with Crippen LogP contribution in [0.1, 0.15) is 25.7 Å². The first-order chi connectivity index (χ1) is 7.36. The molecule has 0 atom stereocenters. The topological polar surface area (TPSA) is 50.4 Å². The summed E-state index contributed by atoms with van der Waals surface area (Å²) in [6, 6.07) is 0. The molecular formula is C11H20N2O2. The van der Waals surface area contributed by atoms with E-state index in [1.165, 1.54) is 0 Å². The van der Waals surface area contributed by atoms with Crippen LogP contribution < -0.4 is 10.6 Å². The molecule has 0 aromatic rings. The molecule has 2 fully saturated rings. The second-order valence-corrected chi connectivity index (χ2v) is 4.39. The van der Waals surface area contributed by atoms with Crippen LogP contribution in [0, 0.1) is 5.92 Å². The van der Waals surface area contributed by atoms with Crippen LogP contribution in [0.5, 0.6) is 0 Å². The molecule has 0 spiro atoms. The number of nitrogens with one attached hydrogen (secondary N) is 2. The number of amides is 1. The van der Waals surface area contributed by atoms with Crippen molar-refractivity contribution in [2.45, 2.75) is 31.8 Å². The SMILES string of the molecule is O=C(NCCOC1CCNCC1)C1CC1. The third kappa shape index (κ3) is 3.80. The van der Waals surface area contributed by atoms with E-state index in [4.69, 9.17) is 4.74 Å². The van der Waals surface area contributed by atoms with Gasteiger partial charge in [-0.05, 0) is 38.8 Å². The molecule has 2 rings (SSSR count). The number of hydrogen-bond donors (Lipinski definition) is 2. The molecule has 2 aliphatic rings. The van der Waals surface area contributed by atoms with Crippen LogP contribution >= 0.6 is 0 Å². The van der Waals surface area contributed by atoms with E-state index in [9.17, 15) is 4.79 Å². The smallest absolute Gasteiger partial charge is 0.223 e. The van der Waals surface area contributed by atoms with Gasteiger partial charge in [0.25, 0.3) is 0 Å². The van der Waals surface area contributed by atoms with Gasteiger partial charge in [-0.3, -0.25) is 4.79 Å². The van der Waals surface area contributed by atoms with Crippen LogP contribution in [0.25, 0.3) is 0 Å². The molecule has 0 aromatic heterocycles. The summed E-state index contributed by atoms with van der Waals surface area (Å²) >= 11 is 0. The van der Waals surface area contributed by atoms with Crippen molar-refractivity contribution in [2.75, 3.05) is 26.2 Å². The molecule has 0 radical (unpaired) electrons. The summed E-state index contributed by atoms with van der Waals surface area (Å²) in [6.07, 6.45) is 4.72. The summed E-state index contributed by atoms with van der Waals surface area (Å²) < 4.78 is 5.68. The maximum Gasteiger partial charge on any atom is 0.223 e. The Morgan fingerprint density at radius 2 is 2.00 bits per heavy atom. The quantitative estimate of drug-likeness (QED) is 0.644. The van der Waals surface area contributed by atoms with Crippen molar-refractivity contribution in [1.82, 2.24) is 10.6 Å². The van der Waals surface area contributed by atoms with E-state index in [0.29, 0.717) is 25.2 Å². The first-order valence-electron chi connectivity index (χ1n) is 5.96. The van der Waals surface area contributed by atoms with Crippen LogP contribution in [-0.4, -0.2) is 38.3 Å². The van der Waals surface area contributed by atoms with E-state index in [-0.39, 0.29) is 5.91 Å². The average molecular weight is 212 g/mol. The van der Waals surface area contributed by atoms with Gasteiger partial charge in [0, 0.05) is 12.5 Å². The third-order valence-electron chi connectivity index (χ3n) is 2.99. The van der Waals surface area contributed by atoms with Crippen molar-refractivity contribution < 1.29 is 9.53 Å². The van der Waals surface area contributed by atoms with Gasteiger partial charge in [-0.15, -0.1) is 0 Å². The highest BCUT2D eigenvalue weighted by Gasteiger charge is 2.29. The van der Waals surface area contributed by atoms with Gasteiger partial charge in [0.05, 0.1) is 12.7 Å². The fourth-order valence-electron chi connectivity index (χ4n) is 1.85. The number of hydrogen-bond acceptors (Lipinski definition) is 3. The van der Waals surface area contributed by atoms with E-state index in [0.717, 1.165) is 38.8 Å². The summed E-state index contributed by atoms with van der Waals surface area (Å²) in [5, 5.41) is 6.20. The predicted octanol–water partition coefficient (Wildman–Crippen LogP) is 0.281. The Hall–Kier alpha value is -0.610. The average Bonchev–Trinajstić information content (AvgIpc) is 3.09. The van der Waals surface area contributed by atoms with Gasteiger partial charge in [0.1, 0.15) is 0 Å². The van der Waals surface area contributed by atoms with Crippen LogP contribution in [0.4, 0.5) is 0 Å². The fraction of sp³-hybridized carbons (Fsp3) is 0.909. The number of ether oxygens (including phenoxy) is 1. The lowest BCUT2D eigenvalue weighted by atomic mass is 10.1. The third-order valence-corrected chi connectivity index (χ3v) is 2.99. The number of carbonyl (C=O) groups is 1. The summed E-state index contributed by atoms with van der Waals surface area (Å²) in [7, 11) is 0. The Morgan fingerprint density at radius 3 is 2.67 bits per heavy atom. The van der Waals surface area contributed by atoms with Gasteiger partial charge in [-0.1, -0.05) is 0 Å². The molecule has 1 saturated heterocycles. The first kappa shape index (κ1) is 10.9. The Morgan fingerprint density at radius 1 is 1.27 bits per heavy atom. The number of rotatable bonds is 5. The van der Waals surface area contributed by atoms with Crippen LogP contribution in [0.3, 0.4) is 0 Å². The summed E-state index contributed by atoms with van der Waals surface area (Å²) in [5.74, 6) is 0.521. The fourth-order valence-corrected chi connectivity index (χ4v) is 1.85. The van der Waals surface area contributed by atoms with Gasteiger partial charge >= 0.3 is 0 Å². The molecule has 0 unspecified atom stereocenters. The largest absolute Gasteiger partial charge is 0.376 e.